The van der Waals surface area contributed by atoms with Gasteiger partial charge in [-0.3, -0.25) is 4.90 Å². The van der Waals surface area contributed by atoms with Gasteiger partial charge in [-0.2, -0.15) is 0 Å². The van der Waals surface area contributed by atoms with Crippen molar-refractivity contribution in [1.29, 1.82) is 0 Å². The van der Waals surface area contributed by atoms with Crippen molar-refractivity contribution in [2.45, 2.75) is 26.3 Å². The Balaban J connectivity index is 2.56. The van der Waals surface area contributed by atoms with Crippen molar-refractivity contribution in [3.8, 4) is 0 Å². The van der Waals surface area contributed by atoms with Crippen molar-refractivity contribution >= 4 is 23.2 Å². The second-order valence-electron chi connectivity index (χ2n) is 3.91. The topological polar surface area (TPSA) is 3.24 Å². The zero-order valence-corrected chi connectivity index (χ0v) is 11.3. The molecule has 1 rings (SSSR count). The maximum Gasteiger partial charge on any atom is 0.0451 e. The summed E-state index contributed by atoms with van der Waals surface area (Å²) >= 11 is 11.9. The van der Waals surface area contributed by atoms with Crippen molar-refractivity contribution < 1.29 is 0 Å². The van der Waals surface area contributed by atoms with E-state index in [-0.39, 0.29) is 0 Å². The van der Waals surface area contributed by atoms with Crippen LogP contribution in [0.5, 0.6) is 0 Å². The lowest BCUT2D eigenvalue weighted by Gasteiger charge is -2.21. The molecule has 0 N–H and O–H groups in total. The molecule has 3 heteroatoms. The first kappa shape index (κ1) is 13.8. The Morgan fingerprint density at radius 2 is 1.94 bits per heavy atom. The van der Waals surface area contributed by atoms with Gasteiger partial charge in [0.25, 0.3) is 0 Å². The molecular formula is C13H19Cl2N. The predicted molar refractivity (Wildman–Crippen MR) is 72.4 cm³/mol. The van der Waals surface area contributed by atoms with Gasteiger partial charge in [-0.25, -0.2) is 0 Å². The molecular weight excluding hydrogens is 241 g/mol. The summed E-state index contributed by atoms with van der Waals surface area (Å²) in [6.07, 6.45) is 2.42. The Morgan fingerprint density at radius 1 is 1.19 bits per heavy atom. The Hall–Kier alpha value is -0.240. The van der Waals surface area contributed by atoms with Crippen molar-refractivity contribution in [3.63, 3.8) is 0 Å². The summed E-state index contributed by atoms with van der Waals surface area (Å²) in [7, 11) is 0. The number of rotatable bonds is 7. The molecule has 0 unspecified atom stereocenters. The predicted octanol–water partition coefficient (Wildman–Crippen LogP) is 4.18. The van der Waals surface area contributed by atoms with Gasteiger partial charge < -0.3 is 0 Å². The highest BCUT2D eigenvalue weighted by Crippen LogP contribution is 2.17. The zero-order valence-electron chi connectivity index (χ0n) is 9.76. The summed E-state index contributed by atoms with van der Waals surface area (Å²) in [6, 6.07) is 8.01. The van der Waals surface area contributed by atoms with Crippen LogP contribution in [-0.4, -0.2) is 23.9 Å². The number of benzene rings is 1. The average molecular weight is 260 g/mol. The third-order valence-corrected chi connectivity index (χ3v) is 3.12. The quantitative estimate of drug-likeness (QED) is 0.665. The van der Waals surface area contributed by atoms with E-state index in [0.29, 0.717) is 5.88 Å². The monoisotopic (exact) mass is 259 g/mol. The number of hydrogen-bond donors (Lipinski definition) is 0. The lowest BCUT2D eigenvalue weighted by molar-refractivity contribution is 0.277. The van der Waals surface area contributed by atoms with Crippen LogP contribution in [0.2, 0.25) is 5.02 Å². The number of hydrogen-bond acceptors (Lipinski definition) is 1. The van der Waals surface area contributed by atoms with Gasteiger partial charge in [0, 0.05) is 24.0 Å². The van der Waals surface area contributed by atoms with Gasteiger partial charge in [0.15, 0.2) is 0 Å². The average Bonchev–Trinajstić information content (AvgIpc) is 2.29. The summed E-state index contributed by atoms with van der Waals surface area (Å²) in [5, 5.41) is 0.846. The van der Waals surface area contributed by atoms with Gasteiger partial charge in [-0.15, -0.1) is 11.6 Å². The molecule has 1 aromatic carbocycles. The van der Waals surface area contributed by atoms with Crippen LogP contribution in [0.15, 0.2) is 24.3 Å². The highest BCUT2D eigenvalue weighted by Gasteiger charge is 2.06. The lowest BCUT2D eigenvalue weighted by Crippen LogP contribution is -2.26. The van der Waals surface area contributed by atoms with Crippen molar-refractivity contribution in [3.05, 3.63) is 34.9 Å². The van der Waals surface area contributed by atoms with Crippen LogP contribution >= 0.6 is 23.2 Å². The van der Waals surface area contributed by atoms with Crippen molar-refractivity contribution in [2.75, 3.05) is 19.0 Å². The molecule has 0 radical (unpaired) electrons. The van der Waals surface area contributed by atoms with E-state index in [1.807, 2.05) is 18.2 Å². The first-order valence-electron chi connectivity index (χ1n) is 5.79. The van der Waals surface area contributed by atoms with Gasteiger partial charge in [-0.05, 0) is 24.6 Å². The Kier molecular flexibility index (Phi) is 6.86. The fourth-order valence-corrected chi connectivity index (χ4v) is 2.07. The maximum atomic E-state index is 6.14. The largest absolute Gasteiger partial charge is 0.298 e. The molecule has 0 atom stereocenters. The van der Waals surface area contributed by atoms with E-state index in [1.54, 1.807) is 0 Å². The van der Waals surface area contributed by atoms with E-state index in [2.05, 4.69) is 17.9 Å². The molecule has 0 bridgehead atoms. The molecule has 0 saturated heterocycles. The van der Waals surface area contributed by atoms with E-state index >= 15 is 0 Å². The van der Waals surface area contributed by atoms with E-state index in [4.69, 9.17) is 23.2 Å². The van der Waals surface area contributed by atoms with Crippen LogP contribution in [0.25, 0.3) is 0 Å². The summed E-state index contributed by atoms with van der Waals surface area (Å²) in [5.41, 5.74) is 1.19. The minimum atomic E-state index is 0.675. The number of halogens is 2. The molecule has 1 aromatic rings. The zero-order chi connectivity index (χ0) is 11.8. The number of unbranched alkanes of at least 4 members (excludes halogenated alkanes) is 1. The third-order valence-electron chi connectivity index (χ3n) is 2.58. The highest BCUT2D eigenvalue weighted by atomic mass is 35.5. The van der Waals surface area contributed by atoms with Gasteiger partial charge in [-0.1, -0.05) is 43.1 Å². The van der Waals surface area contributed by atoms with Crippen LogP contribution in [0.4, 0.5) is 0 Å². The van der Waals surface area contributed by atoms with E-state index in [0.717, 1.165) is 24.7 Å². The molecule has 0 aliphatic carbocycles. The number of alkyl halides is 1. The first-order valence-corrected chi connectivity index (χ1v) is 6.71. The van der Waals surface area contributed by atoms with Gasteiger partial charge in [0.05, 0.1) is 0 Å². The normalized spacial score (nSPS) is 11.0. The molecule has 0 saturated carbocycles. The maximum absolute atomic E-state index is 6.14. The standard InChI is InChI=1S/C13H19Cl2N/c1-2-3-9-16(10-8-14)11-12-6-4-5-7-13(12)15/h4-7H,2-3,8-11H2,1H3. The minimum absolute atomic E-state index is 0.675. The SMILES string of the molecule is CCCCN(CCCl)Cc1ccccc1Cl. The molecule has 0 aromatic heterocycles. The highest BCUT2D eigenvalue weighted by molar-refractivity contribution is 6.31. The van der Waals surface area contributed by atoms with Crippen LogP contribution in [0.3, 0.4) is 0 Å². The van der Waals surface area contributed by atoms with Crippen LogP contribution in [0.1, 0.15) is 25.3 Å². The molecule has 0 amide bonds. The molecule has 0 aliphatic heterocycles. The van der Waals surface area contributed by atoms with Crippen LogP contribution < -0.4 is 0 Å². The van der Waals surface area contributed by atoms with Gasteiger partial charge in [0.1, 0.15) is 0 Å². The van der Waals surface area contributed by atoms with E-state index in [1.165, 1.54) is 18.4 Å². The van der Waals surface area contributed by atoms with Gasteiger partial charge in [0.2, 0.25) is 0 Å². The molecule has 0 aliphatic rings. The first-order chi connectivity index (χ1) is 7.77. The summed E-state index contributed by atoms with van der Waals surface area (Å²) < 4.78 is 0. The van der Waals surface area contributed by atoms with Crippen molar-refractivity contribution in [1.82, 2.24) is 4.90 Å². The molecule has 1 nitrogen and oxygen atoms in total. The van der Waals surface area contributed by atoms with Crippen molar-refractivity contribution in [2.24, 2.45) is 0 Å². The molecule has 16 heavy (non-hydrogen) atoms. The minimum Gasteiger partial charge on any atom is -0.298 e. The number of nitrogens with zero attached hydrogens (tertiary/aromatic N) is 1. The molecule has 90 valence electrons. The summed E-state index contributed by atoms with van der Waals surface area (Å²) in [6.45, 7) is 5.11. The Bertz CT molecular complexity index is 302. The molecule has 0 heterocycles. The van der Waals surface area contributed by atoms with Gasteiger partial charge >= 0.3 is 0 Å². The summed E-state index contributed by atoms with van der Waals surface area (Å²) in [4.78, 5) is 2.36. The second kappa shape index (κ2) is 7.94. The Labute approximate surface area is 108 Å². The Morgan fingerprint density at radius 3 is 2.56 bits per heavy atom. The molecule has 0 fully saturated rings. The van der Waals surface area contributed by atoms with Crippen LogP contribution in [-0.2, 0) is 6.54 Å². The van der Waals surface area contributed by atoms with E-state index in [9.17, 15) is 0 Å². The summed E-state index contributed by atoms with van der Waals surface area (Å²) in [5.74, 6) is 0.675. The molecule has 0 spiro atoms. The van der Waals surface area contributed by atoms with Crippen LogP contribution in [0, 0.1) is 0 Å². The second-order valence-corrected chi connectivity index (χ2v) is 4.70. The third kappa shape index (κ3) is 4.73. The van der Waals surface area contributed by atoms with E-state index < -0.39 is 0 Å². The smallest absolute Gasteiger partial charge is 0.0451 e. The fourth-order valence-electron chi connectivity index (χ4n) is 1.64. The fraction of sp³-hybridized carbons (Fsp3) is 0.538. The lowest BCUT2D eigenvalue weighted by atomic mass is 10.2.